The minimum absolute atomic E-state index is 0.0882. The van der Waals surface area contributed by atoms with Crippen molar-refractivity contribution < 1.29 is 14.3 Å². The largest absolute Gasteiger partial charge is 0.441 e. The monoisotopic (exact) mass is 411 g/mol. The van der Waals surface area contributed by atoms with Crippen LogP contribution in [0.1, 0.15) is 67.9 Å². The van der Waals surface area contributed by atoms with E-state index in [9.17, 15) is 9.59 Å². The Kier molecular flexibility index (Phi) is 5.67. The normalized spacial score (nSPS) is 15.7. The van der Waals surface area contributed by atoms with E-state index in [2.05, 4.69) is 10.3 Å². The van der Waals surface area contributed by atoms with E-state index in [-0.39, 0.29) is 18.0 Å². The fourth-order valence-electron chi connectivity index (χ4n) is 3.95. The van der Waals surface area contributed by atoms with Gasteiger partial charge >= 0.3 is 5.97 Å². The predicted molar refractivity (Wildman–Crippen MR) is 113 cm³/mol. The fourth-order valence-corrected chi connectivity index (χ4v) is 4.76. The van der Waals surface area contributed by atoms with Crippen molar-refractivity contribution in [3.63, 3.8) is 0 Å². The van der Waals surface area contributed by atoms with Crippen LogP contribution in [-0.4, -0.2) is 27.5 Å². The number of thiophene rings is 1. The van der Waals surface area contributed by atoms with Crippen LogP contribution in [0.15, 0.2) is 41.9 Å². The van der Waals surface area contributed by atoms with Crippen molar-refractivity contribution in [2.75, 3.05) is 0 Å². The number of ether oxygens (including phenoxy) is 1. The van der Waals surface area contributed by atoms with Gasteiger partial charge < -0.3 is 14.6 Å². The molecule has 1 saturated carbocycles. The summed E-state index contributed by atoms with van der Waals surface area (Å²) in [5, 5.41) is 5.04. The number of nitrogens with zero attached hydrogens (tertiary/aromatic N) is 2. The lowest BCUT2D eigenvalue weighted by Gasteiger charge is -2.21. The van der Waals surface area contributed by atoms with Gasteiger partial charge in [-0.05, 0) is 56.3 Å². The van der Waals surface area contributed by atoms with Crippen molar-refractivity contribution >= 4 is 33.4 Å². The second-order valence-electron chi connectivity index (χ2n) is 7.69. The Morgan fingerprint density at radius 1 is 1.24 bits per heavy atom. The number of pyridine rings is 1. The van der Waals surface area contributed by atoms with Gasteiger partial charge in [-0.15, -0.1) is 11.3 Å². The number of nitrogens with one attached hydrogen (secondary N) is 1. The smallest absolute Gasteiger partial charge is 0.356 e. The molecule has 4 rings (SSSR count). The van der Waals surface area contributed by atoms with Crippen LogP contribution in [0.3, 0.4) is 0 Å². The van der Waals surface area contributed by atoms with E-state index >= 15 is 0 Å². The van der Waals surface area contributed by atoms with Crippen molar-refractivity contribution in [3.8, 4) is 0 Å². The number of fused-ring (bicyclic) bond motifs is 1. The van der Waals surface area contributed by atoms with Crippen LogP contribution in [0.5, 0.6) is 0 Å². The molecule has 29 heavy (non-hydrogen) atoms. The van der Waals surface area contributed by atoms with Crippen LogP contribution >= 0.6 is 11.3 Å². The van der Waals surface area contributed by atoms with Gasteiger partial charge in [0, 0.05) is 18.3 Å². The molecule has 3 heterocycles. The summed E-state index contributed by atoms with van der Waals surface area (Å²) in [5.41, 5.74) is 1.89. The van der Waals surface area contributed by atoms with Crippen molar-refractivity contribution in [1.82, 2.24) is 14.9 Å². The molecule has 7 heteroatoms. The average molecular weight is 412 g/mol. The molecule has 0 spiro atoms. The van der Waals surface area contributed by atoms with Gasteiger partial charge in [0.2, 0.25) is 6.10 Å². The number of hydrogen-bond donors (Lipinski definition) is 1. The van der Waals surface area contributed by atoms with Crippen LogP contribution in [0, 0.1) is 0 Å². The highest BCUT2D eigenvalue weighted by Crippen LogP contribution is 2.30. The van der Waals surface area contributed by atoms with Gasteiger partial charge in [0.15, 0.2) is 0 Å². The molecule has 0 bridgehead atoms. The number of amides is 1. The maximum Gasteiger partial charge on any atom is 0.356 e. The number of esters is 1. The van der Waals surface area contributed by atoms with Crippen LogP contribution in [0.2, 0.25) is 0 Å². The van der Waals surface area contributed by atoms with Gasteiger partial charge in [-0.2, -0.15) is 0 Å². The topological polar surface area (TPSA) is 73.2 Å². The van der Waals surface area contributed by atoms with Gasteiger partial charge in [-0.3, -0.25) is 9.78 Å². The maximum atomic E-state index is 13.1. The summed E-state index contributed by atoms with van der Waals surface area (Å²) in [7, 11) is 0. The number of carbonyl (C=O) groups excluding carboxylic acids is 2. The Balaban J connectivity index is 1.62. The summed E-state index contributed by atoms with van der Waals surface area (Å²) in [6.45, 7) is 4.05. The van der Waals surface area contributed by atoms with Crippen LogP contribution in [-0.2, 0) is 9.53 Å². The molecule has 3 aromatic heterocycles. The molecule has 0 unspecified atom stereocenters. The zero-order chi connectivity index (χ0) is 20.4. The Bertz CT molecular complexity index is 1000. The van der Waals surface area contributed by atoms with E-state index in [4.69, 9.17) is 4.74 Å². The van der Waals surface area contributed by atoms with E-state index in [0.29, 0.717) is 11.4 Å². The molecular formula is C22H25N3O3S. The maximum absolute atomic E-state index is 13.1. The van der Waals surface area contributed by atoms with E-state index in [1.165, 1.54) is 0 Å². The lowest BCUT2D eigenvalue weighted by molar-refractivity contribution is -0.131. The zero-order valence-corrected chi connectivity index (χ0v) is 17.4. The van der Waals surface area contributed by atoms with E-state index in [0.717, 1.165) is 35.9 Å². The molecule has 0 radical (unpaired) electrons. The van der Waals surface area contributed by atoms with Crippen molar-refractivity contribution in [2.24, 2.45) is 0 Å². The third-order valence-corrected chi connectivity index (χ3v) is 6.16. The summed E-state index contributed by atoms with van der Waals surface area (Å²) in [6, 6.07) is 9.34. The highest BCUT2D eigenvalue weighted by Gasteiger charge is 2.31. The summed E-state index contributed by atoms with van der Waals surface area (Å²) in [6.07, 6.45) is 4.67. The van der Waals surface area contributed by atoms with E-state index in [1.807, 2.05) is 35.9 Å². The second kappa shape index (κ2) is 8.37. The Labute approximate surface area is 173 Å². The van der Waals surface area contributed by atoms with Gasteiger partial charge in [-0.25, -0.2) is 4.79 Å². The first kappa shape index (κ1) is 19.6. The Morgan fingerprint density at radius 2 is 2.03 bits per heavy atom. The predicted octanol–water partition coefficient (Wildman–Crippen LogP) is 4.64. The summed E-state index contributed by atoms with van der Waals surface area (Å²) in [5.74, 6) is -0.826. The summed E-state index contributed by atoms with van der Waals surface area (Å²) in [4.78, 5) is 30.4. The number of aromatic nitrogens is 2. The van der Waals surface area contributed by atoms with Gasteiger partial charge in [0.25, 0.3) is 5.91 Å². The molecule has 6 nitrogen and oxygen atoms in total. The van der Waals surface area contributed by atoms with Gasteiger partial charge in [-0.1, -0.05) is 18.9 Å². The van der Waals surface area contributed by atoms with Crippen molar-refractivity contribution in [2.45, 2.75) is 57.7 Å². The van der Waals surface area contributed by atoms with E-state index < -0.39 is 12.1 Å². The number of carbonyl (C=O) groups is 2. The van der Waals surface area contributed by atoms with E-state index in [1.54, 1.807) is 35.7 Å². The quantitative estimate of drug-likeness (QED) is 0.600. The molecule has 1 fully saturated rings. The highest BCUT2D eigenvalue weighted by atomic mass is 32.1. The lowest BCUT2D eigenvalue weighted by atomic mass is 10.2. The summed E-state index contributed by atoms with van der Waals surface area (Å²) >= 11 is 1.58. The molecule has 1 amide bonds. The van der Waals surface area contributed by atoms with Crippen molar-refractivity contribution in [1.29, 1.82) is 0 Å². The standard InChI is InChI=1S/C22H25N3O3S/c1-14(2)25-17-10-12-29-19(17)13-18(25)22(27)28-20(16-9-5-6-11-23-16)21(26)24-15-7-3-4-8-15/h5-6,9-15,20H,3-4,7-8H2,1-2H3,(H,24,26)/t20-/m1/s1. The highest BCUT2D eigenvalue weighted by molar-refractivity contribution is 7.17. The number of rotatable bonds is 6. The van der Waals surface area contributed by atoms with Crippen LogP contribution in [0.4, 0.5) is 0 Å². The third kappa shape index (κ3) is 4.05. The lowest BCUT2D eigenvalue weighted by Crippen LogP contribution is -2.38. The third-order valence-electron chi connectivity index (χ3n) is 5.31. The summed E-state index contributed by atoms with van der Waals surface area (Å²) < 4.78 is 8.74. The van der Waals surface area contributed by atoms with Gasteiger partial charge in [0.1, 0.15) is 5.69 Å². The molecule has 152 valence electrons. The SMILES string of the molecule is CC(C)n1c(C(=O)O[C@@H](C(=O)NC2CCCC2)c2ccccn2)cc2sccc21. The molecule has 1 aliphatic rings. The minimum atomic E-state index is -1.07. The first-order chi connectivity index (χ1) is 14.0. The number of hydrogen-bond acceptors (Lipinski definition) is 5. The molecule has 1 N–H and O–H groups in total. The molecule has 3 aromatic rings. The molecule has 0 aliphatic heterocycles. The Hall–Kier alpha value is -2.67. The van der Waals surface area contributed by atoms with Crippen LogP contribution in [0.25, 0.3) is 10.2 Å². The van der Waals surface area contributed by atoms with Crippen molar-refractivity contribution in [3.05, 3.63) is 53.3 Å². The first-order valence-corrected chi connectivity index (χ1v) is 10.9. The average Bonchev–Trinajstić information content (AvgIpc) is 3.43. The minimum Gasteiger partial charge on any atom is -0.441 e. The Morgan fingerprint density at radius 3 is 2.72 bits per heavy atom. The van der Waals surface area contributed by atoms with Gasteiger partial charge in [0.05, 0.1) is 15.9 Å². The molecule has 1 atom stereocenters. The zero-order valence-electron chi connectivity index (χ0n) is 16.6. The second-order valence-corrected chi connectivity index (χ2v) is 8.64. The fraction of sp³-hybridized carbons (Fsp3) is 0.409. The molecular weight excluding hydrogens is 386 g/mol. The molecule has 0 saturated heterocycles. The van der Waals surface area contributed by atoms with Crippen LogP contribution < -0.4 is 5.32 Å². The first-order valence-electron chi connectivity index (χ1n) is 10.1. The molecule has 0 aromatic carbocycles. The molecule has 1 aliphatic carbocycles.